The number of aryl methyl sites for hydroxylation is 1. The molecule has 0 spiro atoms. The van der Waals surface area contributed by atoms with Crippen LogP contribution in [0.15, 0.2) is 34.6 Å². The van der Waals surface area contributed by atoms with Crippen molar-refractivity contribution in [1.29, 1.82) is 5.26 Å². The molecule has 0 N–H and O–H groups in total. The van der Waals surface area contributed by atoms with Crippen LogP contribution in [-0.4, -0.2) is 44.4 Å². The van der Waals surface area contributed by atoms with Crippen LogP contribution in [0.5, 0.6) is 0 Å². The number of furan rings is 1. The fraction of sp³-hybridized carbons (Fsp3) is 0.412. The monoisotopic (exact) mass is 359 g/mol. The average molecular weight is 359 g/mol. The van der Waals surface area contributed by atoms with E-state index in [-0.39, 0.29) is 11.7 Å². The topological polar surface area (TPSA) is 88.0 Å². The smallest absolute Gasteiger partial charge is 0.233 e. The largest absolute Gasteiger partial charge is 0.469 e. The van der Waals surface area contributed by atoms with E-state index in [9.17, 15) is 4.79 Å². The number of carbonyl (C=O) groups is 1. The van der Waals surface area contributed by atoms with Gasteiger partial charge in [0.25, 0.3) is 0 Å². The van der Waals surface area contributed by atoms with Gasteiger partial charge in [0.15, 0.2) is 11.0 Å². The number of rotatable bonds is 9. The summed E-state index contributed by atoms with van der Waals surface area (Å²) in [6.45, 7) is 9.12. The zero-order valence-electron chi connectivity index (χ0n) is 14.4. The van der Waals surface area contributed by atoms with Crippen LogP contribution >= 0.6 is 11.8 Å². The van der Waals surface area contributed by atoms with E-state index in [0.29, 0.717) is 37.0 Å². The predicted octanol–water partition coefficient (Wildman–Crippen LogP) is 2.89. The zero-order chi connectivity index (χ0) is 18.2. The van der Waals surface area contributed by atoms with Crippen LogP contribution in [0, 0.1) is 18.3 Å². The second kappa shape index (κ2) is 9.08. The molecule has 2 heterocycles. The number of amides is 1. The molecule has 2 aromatic rings. The van der Waals surface area contributed by atoms with Crippen LogP contribution in [-0.2, 0) is 11.3 Å². The van der Waals surface area contributed by atoms with Gasteiger partial charge in [-0.2, -0.15) is 5.26 Å². The maximum atomic E-state index is 12.3. The van der Waals surface area contributed by atoms with Gasteiger partial charge in [-0.3, -0.25) is 9.36 Å². The lowest BCUT2D eigenvalue weighted by atomic mass is 10.2. The van der Waals surface area contributed by atoms with Crippen LogP contribution in [0.3, 0.4) is 0 Å². The number of thioether (sulfide) groups is 1. The summed E-state index contributed by atoms with van der Waals surface area (Å²) in [5.74, 6) is 1.69. The van der Waals surface area contributed by atoms with E-state index in [1.54, 1.807) is 17.2 Å². The highest BCUT2D eigenvalue weighted by atomic mass is 32.2. The van der Waals surface area contributed by atoms with Gasteiger partial charge in [0.05, 0.1) is 30.1 Å². The SMILES string of the molecule is C=CCn1c(SCC(=O)N(CC)CCC#N)nnc1-c1ccoc1C. The summed E-state index contributed by atoms with van der Waals surface area (Å²) in [5.41, 5.74) is 0.872. The number of nitriles is 1. The summed E-state index contributed by atoms with van der Waals surface area (Å²) in [6, 6.07) is 3.91. The van der Waals surface area contributed by atoms with Gasteiger partial charge in [-0.1, -0.05) is 17.8 Å². The molecule has 1 amide bonds. The summed E-state index contributed by atoms with van der Waals surface area (Å²) in [7, 11) is 0. The molecule has 0 radical (unpaired) electrons. The molecule has 0 saturated carbocycles. The molecule has 25 heavy (non-hydrogen) atoms. The summed E-state index contributed by atoms with van der Waals surface area (Å²) in [6.07, 6.45) is 3.71. The van der Waals surface area contributed by atoms with Gasteiger partial charge in [0.1, 0.15) is 5.76 Å². The first-order valence-electron chi connectivity index (χ1n) is 7.98. The van der Waals surface area contributed by atoms with Crippen molar-refractivity contribution in [2.45, 2.75) is 32.0 Å². The summed E-state index contributed by atoms with van der Waals surface area (Å²) >= 11 is 1.33. The minimum Gasteiger partial charge on any atom is -0.469 e. The fourth-order valence-electron chi connectivity index (χ4n) is 2.37. The Balaban J connectivity index is 2.13. The van der Waals surface area contributed by atoms with E-state index in [2.05, 4.69) is 22.8 Å². The van der Waals surface area contributed by atoms with Gasteiger partial charge in [0, 0.05) is 19.6 Å². The number of carbonyl (C=O) groups excluding carboxylic acids is 1. The van der Waals surface area contributed by atoms with E-state index in [4.69, 9.17) is 9.68 Å². The number of allylic oxidation sites excluding steroid dienone is 1. The van der Waals surface area contributed by atoms with E-state index < -0.39 is 0 Å². The molecular formula is C17H21N5O2S. The Morgan fingerprint density at radius 3 is 2.96 bits per heavy atom. The molecule has 0 aliphatic heterocycles. The molecule has 0 aliphatic carbocycles. The second-order valence-corrected chi connectivity index (χ2v) is 6.21. The van der Waals surface area contributed by atoms with Crippen LogP contribution < -0.4 is 0 Å². The molecule has 0 aliphatic rings. The van der Waals surface area contributed by atoms with Crippen LogP contribution in [0.2, 0.25) is 0 Å². The number of hydrogen-bond donors (Lipinski definition) is 0. The lowest BCUT2D eigenvalue weighted by Crippen LogP contribution is -2.33. The van der Waals surface area contributed by atoms with Crippen molar-refractivity contribution in [2.24, 2.45) is 0 Å². The van der Waals surface area contributed by atoms with Gasteiger partial charge < -0.3 is 9.32 Å². The van der Waals surface area contributed by atoms with Gasteiger partial charge >= 0.3 is 0 Å². The predicted molar refractivity (Wildman–Crippen MR) is 95.9 cm³/mol. The maximum absolute atomic E-state index is 12.3. The molecule has 0 saturated heterocycles. The Bertz CT molecular complexity index is 774. The van der Waals surface area contributed by atoms with Gasteiger partial charge in [0.2, 0.25) is 5.91 Å². The molecule has 0 atom stereocenters. The number of nitrogens with zero attached hydrogens (tertiary/aromatic N) is 5. The Labute approximate surface area is 151 Å². The minimum atomic E-state index is -0.0167. The van der Waals surface area contributed by atoms with Crippen molar-refractivity contribution in [3.8, 4) is 17.5 Å². The van der Waals surface area contributed by atoms with Gasteiger partial charge in [-0.15, -0.1) is 16.8 Å². The molecule has 132 valence electrons. The minimum absolute atomic E-state index is 0.0167. The summed E-state index contributed by atoms with van der Waals surface area (Å²) in [4.78, 5) is 14.0. The van der Waals surface area contributed by atoms with Crippen molar-refractivity contribution in [1.82, 2.24) is 19.7 Å². The standard InChI is InChI=1S/C17H21N5O2S/c1-4-9-22-16(14-7-11-24-13(14)3)19-20-17(22)25-12-15(23)21(5-2)10-6-8-18/h4,7,11H,1,5-6,9-10,12H2,2-3H3. The molecule has 0 fully saturated rings. The first kappa shape index (κ1) is 18.8. The van der Waals surface area contributed by atoms with E-state index in [1.807, 2.05) is 24.5 Å². The number of hydrogen-bond acceptors (Lipinski definition) is 6. The van der Waals surface area contributed by atoms with Crippen molar-refractivity contribution in [2.75, 3.05) is 18.8 Å². The Morgan fingerprint density at radius 2 is 2.36 bits per heavy atom. The maximum Gasteiger partial charge on any atom is 0.233 e. The van der Waals surface area contributed by atoms with Crippen LogP contribution in [0.1, 0.15) is 19.1 Å². The Kier molecular flexibility index (Phi) is 6.83. The highest BCUT2D eigenvalue weighted by molar-refractivity contribution is 7.99. The first-order chi connectivity index (χ1) is 12.1. The van der Waals surface area contributed by atoms with E-state index in [1.165, 1.54) is 11.8 Å². The van der Waals surface area contributed by atoms with Gasteiger partial charge in [-0.05, 0) is 19.9 Å². The normalized spacial score (nSPS) is 10.4. The Morgan fingerprint density at radius 1 is 1.56 bits per heavy atom. The lowest BCUT2D eigenvalue weighted by molar-refractivity contribution is -0.128. The molecule has 7 nitrogen and oxygen atoms in total. The van der Waals surface area contributed by atoms with E-state index >= 15 is 0 Å². The highest BCUT2D eigenvalue weighted by Crippen LogP contribution is 2.27. The first-order valence-corrected chi connectivity index (χ1v) is 8.97. The molecule has 2 rings (SSSR count). The quantitative estimate of drug-likeness (QED) is 0.505. The molecule has 2 aromatic heterocycles. The van der Waals surface area contributed by atoms with Crippen molar-refractivity contribution < 1.29 is 9.21 Å². The van der Waals surface area contributed by atoms with Crippen molar-refractivity contribution >= 4 is 17.7 Å². The summed E-state index contributed by atoms with van der Waals surface area (Å²) < 4.78 is 7.25. The third kappa shape index (κ3) is 4.51. The van der Waals surface area contributed by atoms with E-state index in [0.717, 1.165) is 11.3 Å². The van der Waals surface area contributed by atoms with Crippen molar-refractivity contribution in [3.63, 3.8) is 0 Å². The second-order valence-electron chi connectivity index (χ2n) is 5.27. The molecular weight excluding hydrogens is 338 g/mol. The van der Waals surface area contributed by atoms with Crippen LogP contribution in [0.25, 0.3) is 11.4 Å². The Hall–Kier alpha value is -2.53. The van der Waals surface area contributed by atoms with Crippen LogP contribution in [0.4, 0.5) is 0 Å². The van der Waals surface area contributed by atoms with Crippen molar-refractivity contribution in [3.05, 3.63) is 30.7 Å². The fourth-order valence-corrected chi connectivity index (χ4v) is 3.22. The average Bonchev–Trinajstić information content (AvgIpc) is 3.20. The molecule has 8 heteroatoms. The zero-order valence-corrected chi connectivity index (χ0v) is 15.3. The molecule has 0 bridgehead atoms. The number of aromatic nitrogens is 3. The summed E-state index contributed by atoms with van der Waals surface area (Å²) in [5, 5.41) is 17.8. The molecule has 0 unspecified atom stereocenters. The molecule has 0 aromatic carbocycles. The highest BCUT2D eigenvalue weighted by Gasteiger charge is 2.19. The third-order valence-corrected chi connectivity index (χ3v) is 4.63. The lowest BCUT2D eigenvalue weighted by Gasteiger charge is -2.19. The third-order valence-electron chi connectivity index (χ3n) is 3.68. The van der Waals surface area contributed by atoms with Gasteiger partial charge in [-0.25, -0.2) is 0 Å².